The van der Waals surface area contributed by atoms with Crippen LogP contribution in [0.3, 0.4) is 0 Å². The molecule has 0 radical (unpaired) electrons. The number of nitrogens with zero attached hydrogens (tertiary/aromatic N) is 2. The second-order valence-electron chi connectivity index (χ2n) is 9.48. The van der Waals surface area contributed by atoms with Crippen LogP contribution >= 0.6 is 11.6 Å². The number of aryl methyl sites for hydroxylation is 1. The summed E-state index contributed by atoms with van der Waals surface area (Å²) < 4.78 is 1.94. The van der Waals surface area contributed by atoms with Crippen LogP contribution in [0.5, 0.6) is 0 Å². The zero-order valence-electron chi connectivity index (χ0n) is 19.5. The van der Waals surface area contributed by atoms with E-state index in [-0.39, 0.29) is 17.9 Å². The number of nitrogens with one attached hydrogen (secondary N) is 1. The van der Waals surface area contributed by atoms with Crippen LogP contribution in [0.25, 0.3) is 5.69 Å². The van der Waals surface area contributed by atoms with Gasteiger partial charge < -0.3 is 14.8 Å². The summed E-state index contributed by atoms with van der Waals surface area (Å²) in [4.78, 5) is 29.5. The molecule has 2 aromatic carbocycles. The summed E-state index contributed by atoms with van der Waals surface area (Å²) in [6.07, 6.45) is 8.56. The van der Waals surface area contributed by atoms with Gasteiger partial charge >= 0.3 is 0 Å². The second kappa shape index (κ2) is 9.67. The molecular formula is C28H30ClN3O2. The lowest BCUT2D eigenvalue weighted by Crippen LogP contribution is -2.46. The molecule has 34 heavy (non-hydrogen) atoms. The van der Waals surface area contributed by atoms with Crippen molar-refractivity contribution in [1.29, 1.82) is 0 Å². The number of fused-ring (bicyclic) bond motifs is 3. The minimum atomic E-state index is -0.738. The molecule has 1 atom stereocenters. The van der Waals surface area contributed by atoms with E-state index in [0.29, 0.717) is 22.8 Å². The van der Waals surface area contributed by atoms with Crippen LogP contribution in [0.2, 0.25) is 5.02 Å². The fourth-order valence-electron chi connectivity index (χ4n) is 5.19. The number of carbonyl (C=O) groups is 2. The highest BCUT2D eigenvalue weighted by atomic mass is 35.5. The van der Waals surface area contributed by atoms with Crippen LogP contribution in [0.15, 0.2) is 60.8 Å². The maximum absolute atomic E-state index is 13.9. The van der Waals surface area contributed by atoms with Gasteiger partial charge in [-0.2, -0.15) is 0 Å². The molecule has 1 N–H and O–H groups in total. The Hall–Kier alpha value is -3.05. The largest absolute Gasteiger partial charge is 0.351 e. The molecule has 6 heteroatoms. The highest BCUT2D eigenvalue weighted by molar-refractivity contribution is 6.31. The number of aromatic nitrogens is 1. The molecule has 1 aromatic heterocycles. The van der Waals surface area contributed by atoms with Gasteiger partial charge in [-0.25, -0.2) is 0 Å². The molecule has 176 valence electrons. The molecule has 1 fully saturated rings. The number of rotatable bonds is 4. The van der Waals surface area contributed by atoms with Crippen LogP contribution in [-0.2, 0) is 11.3 Å². The Kier molecular flexibility index (Phi) is 6.46. The van der Waals surface area contributed by atoms with E-state index in [4.69, 9.17) is 11.6 Å². The van der Waals surface area contributed by atoms with Crippen molar-refractivity contribution in [1.82, 2.24) is 14.8 Å². The fraction of sp³-hybridized carbons (Fsp3) is 0.357. The van der Waals surface area contributed by atoms with Crippen molar-refractivity contribution in [2.24, 2.45) is 0 Å². The number of benzene rings is 2. The first-order valence-corrected chi connectivity index (χ1v) is 12.5. The van der Waals surface area contributed by atoms with Gasteiger partial charge in [0.2, 0.25) is 5.91 Å². The summed E-state index contributed by atoms with van der Waals surface area (Å²) in [6, 6.07) is 16.7. The molecule has 5 nitrogen and oxygen atoms in total. The zero-order valence-corrected chi connectivity index (χ0v) is 20.2. The quantitative estimate of drug-likeness (QED) is 0.472. The van der Waals surface area contributed by atoms with E-state index in [1.54, 1.807) is 23.1 Å². The fourth-order valence-corrected chi connectivity index (χ4v) is 5.35. The third kappa shape index (κ3) is 4.49. The average Bonchev–Trinajstić information content (AvgIpc) is 3.11. The maximum Gasteiger partial charge on any atom is 0.257 e. The van der Waals surface area contributed by atoms with Crippen molar-refractivity contribution < 1.29 is 9.59 Å². The molecule has 0 saturated heterocycles. The SMILES string of the molecule is Cc1ccc(CN2C(=O)c3ccc(Cl)cc3-n3cccc3C2C(=O)NC2CCCCCC2)cc1. The number of carbonyl (C=O) groups excluding carboxylic acids is 2. The van der Waals surface area contributed by atoms with E-state index in [0.717, 1.165) is 42.5 Å². The van der Waals surface area contributed by atoms with E-state index in [9.17, 15) is 9.59 Å². The third-order valence-electron chi connectivity index (χ3n) is 7.01. The van der Waals surface area contributed by atoms with Gasteiger partial charge in [-0.1, -0.05) is 67.1 Å². The van der Waals surface area contributed by atoms with Gasteiger partial charge in [0.15, 0.2) is 6.04 Å². The summed E-state index contributed by atoms with van der Waals surface area (Å²) in [5, 5.41) is 3.85. The monoisotopic (exact) mass is 475 g/mol. The Morgan fingerprint density at radius 2 is 1.76 bits per heavy atom. The summed E-state index contributed by atoms with van der Waals surface area (Å²) in [5.74, 6) is -0.289. The normalized spacial score (nSPS) is 18.6. The van der Waals surface area contributed by atoms with Crippen molar-refractivity contribution in [3.63, 3.8) is 0 Å². The first-order chi connectivity index (χ1) is 16.5. The van der Waals surface area contributed by atoms with E-state index < -0.39 is 6.04 Å². The lowest BCUT2D eigenvalue weighted by Gasteiger charge is -2.31. The Morgan fingerprint density at radius 3 is 2.50 bits per heavy atom. The van der Waals surface area contributed by atoms with Gasteiger partial charge in [0.1, 0.15) is 0 Å². The van der Waals surface area contributed by atoms with Crippen LogP contribution in [0, 0.1) is 6.92 Å². The highest BCUT2D eigenvalue weighted by Crippen LogP contribution is 2.35. The Bertz CT molecular complexity index is 1190. The lowest BCUT2D eigenvalue weighted by molar-refractivity contribution is -0.127. The van der Waals surface area contributed by atoms with Crippen LogP contribution in [0.4, 0.5) is 0 Å². The summed E-state index contributed by atoms with van der Waals surface area (Å²) in [6.45, 7) is 2.38. The minimum absolute atomic E-state index is 0.119. The Morgan fingerprint density at radius 1 is 1.03 bits per heavy atom. The van der Waals surface area contributed by atoms with E-state index in [1.807, 2.05) is 54.1 Å². The molecule has 2 heterocycles. The molecule has 0 bridgehead atoms. The maximum atomic E-state index is 13.9. The number of amides is 2. The van der Waals surface area contributed by atoms with Gasteiger partial charge in [0.05, 0.1) is 16.9 Å². The topological polar surface area (TPSA) is 54.3 Å². The molecule has 1 saturated carbocycles. The van der Waals surface area contributed by atoms with Crippen LogP contribution in [0.1, 0.15) is 71.7 Å². The van der Waals surface area contributed by atoms with Crippen molar-refractivity contribution in [2.45, 2.75) is 64.1 Å². The summed E-state index contributed by atoms with van der Waals surface area (Å²) in [7, 11) is 0. The molecular weight excluding hydrogens is 446 g/mol. The standard InChI is InChI=1S/C28H30ClN3O2/c1-19-10-12-20(13-11-19)18-32-26(27(33)30-22-7-4-2-3-5-8-22)24-9-6-16-31(24)25-17-21(29)14-15-23(25)28(32)34/h6,9-17,22,26H,2-5,7-8,18H2,1H3,(H,30,33). The van der Waals surface area contributed by atoms with E-state index in [2.05, 4.69) is 5.32 Å². The number of halogens is 1. The molecule has 3 aromatic rings. The van der Waals surface area contributed by atoms with E-state index >= 15 is 0 Å². The first kappa shape index (κ1) is 22.7. The van der Waals surface area contributed by atoms with Crippen LogP contribution in [-0.4, -0.2) is 27.3 Å². The molecule has 2 aliphatic rings. The summed E-state index contributed by atoms with van der Waals surface area (Å²) in [5.41, 5.74) is 4.16. The smallest absolute Gasteiger partial charge is 0.257 e. The van der Waals surface area contributed by atoms with Gasteiger partial charge in [-0.15, -0.1) is 0 Å². The summed E-state index contributed by atoms with van der Waals surface area (Å²) >= 11 is 6.32. The molecule has 0 spiro atoms. The van der Waals surface area contributed by atoms with Crippen molar-refractivity contribution in [3.05, 3.63) is 88.2 Å². The van der Waals surface area contributed by atoms with Gasteiger partial charge in [-0.3, -0.25) is 9.59 Å². The third-order valence-corrected chi connectivity index (χ3v) is 7.24. The highest BCUT2D eigenvalue weighted by Gasteiger charge is 2.38. The average molecular weight is 476 g/mol. The molecule has 5 rings (SSSR count). The lowest BCUT2D eigenvalue weighted by atomic mass is 10.0. The van der Waals surface area contributed by atoms with Crippen molar-refractivity contribution >= 4 is 23.4 Å². The molecule has 1 aliphatic carbocycles. The predicted molar refractivity (Wildman–Crippen MR) is 134 cm³/mol. The molecule has 2 amide bonds. The van der Waals surface area contributed by atoms with Gasteiger partial charge in [0.25, 0.3) is 5.91 Å². The van der Waals surface area contributed by atoms with Crippen LogP contribution < -0.4 is 5.32 Å². The van der Waals surface area contributed by atoms with Gasteiger partial charge in [0, 0.05) is 23.8 Å². The number of hydrogen-bond donors (Lipinski definition) is 1. The molecule has 1 unspecified atom stereocenters. The van der Waals surface area contributed by atoms with Gasteiger partial charge in [-0.05, 0) is 55.7 Å². The minimum Gasteiger partial charge on any atom is -0.351 e. The first-order valence-electron chi connectivity index (χ1n) is 12.2. The zero-order chi connectivity index (χ0) is 23.7. The Balaban J connectivity index is 1.58. The van der Waals surface area contributed by atoms with Crippen molar-refractivity contribution in [2.75, 3.05) is 0 Å². The second-order valence-corrected chi connectivity index (χ2v) is 9.92. The Labute approximate surface area is 205 Å². The van der Waals surface area contributed by atoms with Crippen molar-refractivity contribution in [3.8, 4) is 5.69 Å². The molecule has 1 aliphatic heterocycles. The van der Waals surface area contributed by atoms with E-state index in [1.165, 1.54) is 12.8 Å². The number of hydrogen-bond acceptors (Lipinski definition) is 2. The predicted octanol–water partition coefficient (Wildman–Crippen LogP) is 5.98.